The van der Waals surface area contributed by atoms with E-state index in [1.165, 1.54) is 12.7 Å². The molecule has 2 N–H and O–H groups in total. The van der Waals surface area contributed by atoms with Crippen LogP contribution < -0.4 is 5.73 Å². The molecule has 2 aromatic carbocycles. The van der Waals surface area contributed by atoms with E-state index in [0.29, 0.717) is 5.75 Å². The van der Waals surface area contributed by atoms with E-state index in [9.17, 15) is 4.79 Å². The fourth-order valence-electron chi connectivity index (χ4n) is 2.08. The van der Waals surface area contributed by atoms with E-state index in [0.717, 1.165) is 10.5 Å². The number of nitrogens with two attached hydrogens (primary N) is 1. The third-order valence-corrected chi connectivity index (χ3v) is 4.48. The third-order valence-electron chi connectivity index (χ3n) is 3.29. The van der Waals surface area contributed by atoms with Crippen molar-refractivity contribution in [2.24, 2.45) is 5.73 Å². The van der Waals surface area contributed by atoms with E-state index in [1.54, 1.807) is 11.8 Å². The number of aryl methyl sites for hydroxylation is 1. The highest BCUT2D eigenvalue weighted by Crippen LogP contribution is 2.29. The van der Waals surface area contributed by atoms with E-state index < -0.39 is 11.5 Å². The molecule has 2 aromatic rings. The first-order valence-corrected chi connectivity index (χ1v) is 7.67. The molecule has 0 bridgehead atoms. The number of carbonyl (C=O) groups excluding carboxylic acids is 1. The van der Waals surface area contributed by atoms with Crippen LogP contribution in [-0.4, -0.2) is 18.8 Å². The van der Waals surface area contributed by atoms with E-state index in [2.05, 4.69) is 6.07 Å². The highest BCUT2D eigenvalue weighted by atomic mass is 32.2. The molecule has 4 heteroatoms. The molecule has 0 radical (unpaired) electrons. The maximum absolute atomic E-state index is 12.2. The SMILES string of the molecule is COC(=O)C(N)(CSc1cccc(C)c1)c1ccccc1. The minimum atomic E-state index is -1.15. The Morgan fingerprint density at radius 1 is 1.19 bits per heavy atom. The Morgan fingerprint density at radius 2 is 1.90 bits per heavy atom. The van der Waals surface area contributed by atoms with Crippen molar-refractivity contribution < 1.29 is 9.53 Å². The van der Waals surface area contributed by atoms with Crippen LogP contribution in [0.2, 0.25) is 0 Å². The Kier molecular flexibility index (Phi) is 5.04. The first kappa shape index (κ1) is 15.6. The second-order valence-electron chi connectivity index (χ2n) is 4.93. The summed E-state index contributed by atoms with van der Waals surface area (Å²) in [7, 11) is 1.37. The monoisotopic (exact) mass is 301 g/mol. The molecule has 0 saturated carbocycles. The predicted octanol–water partition coefficient (Wildman–Crippen LogP) is 3.11. The standard InChI is InChI=1S/C17H19NO2S/c1-13-7-6-10-15(11-13)21-12-17(18,16(19)20-2)14-8-4-3-5-9-14/h3-11H,12,18H2,1-2H3. The predicted molar refractivity (Wildman–Crippen MR) is 86.2 cm³/mol. The molecule has 0 amide bonds. The van der Waals surface area contributed by atoms with Crippen molar-refractivity contribution in [1.82, 2.24) is 0 Å². The second kappa shape index (κ2) is 6.78. The van der Waals surface area contributed by atoms with Gasteiger partial charge in [0.05, 0.1) is 7.11 Å². The molecule has 0 aliphatic rings. The zero-order valence-electron chi connectivity index (χ0n) is 12.2. The van der Waals surface area contributed by atoms with Crippen LogP contribution in [0.15, 0.2) is 59.5 Å². The molecule has 0 fully saturated rings. The van der Waals surface area contributed by atoms with E-state index >= 15 is 0 Å². The van der Waals surface area contributed by atoms with Gasteiger partial charge in [-0.2, -0.15) is 0 Å². The Morgan fingerprint density at radius 3 is 2.52 bits per heavy atom. The quantitative estimate of drug-likeness (QED) is 0.681. The first-order chi connectivity index (χ1) is 10.1. The van der Waals surface area contributed by atoms with Gasteiger partial charge in [-0.25, -0.2) is 4.79 Å². The van der Waals surface area contributed by atoms with Crippen LogP contribution in [0.4, 0.5) is 0 Å². The summed E-state index contributed by atoms with van der Waals surface area (Å²) in [4.78, 5) is 13.2. The topological polar surface area (TPSA) is 52.3 Å². The van der Waals surface area contributed by atoms with Gasteiger partial charge in [0.1, 0.15) is 5.54 Å². The highest BCUT2D eigenvalue weighted by molar-refractivity contribution is 7.99. The number of methoxy groups -OCH3 is 1. The van der Waals surface area contributed by atoms with Crippen molar-refractivity contribution in [2.75, 3.05) is 12.9 Å². The van der Waals surface area contributed by atoms with Crippen LogP contribution in [0.5, 0.6) is 0 Å². The van der Waals surface area contributed by atoms with Crippen LogP contribution in [-0.2, 0) is 15.1 Å². The van der Waals surface area contributed by atoms with Crippen LogP contribution in [0.3, 0.4) is 0 Å². The molecule has 0 heterocycles. The Balaban J connectivity index is 2.23. The van der Waals surface area contributed by atoms with Gasteiger partial charge in [0, 0.05) is 10.6 Å². The minimum Gasteiger partial charge on any atom is -0.467 e. The Hall–Kier alpha value is -1.78. The molecule has 1 unspecified atom stereocenters. The van der Waals surface area contributed by atoms with E-state index in [1.807, 2.05) is 55.5 Å². The van der Waals surface area contributed by atoms with Gasteiger partial charge in [0.25, 0.3) is 0 Å². The molecule has 0 aromatic heterocycles. The lowest BCUT2D eigenvalue weighted by molar-refractivity contribution is -0.146. The molecule has 3 nitrogen and oxygen atoms in total. The van der Waals surface area contributed by atoms with Gasteiger partial charge >= 0.3 is 5.97 Å². The van der Waals surface area contributed by atoms with Gasteiger partial charge in [-0.1, -0.05) is 48.0 Å². The highest BCUT2D eigenvalue weighted by Gasteiger charge is 2.37. The average Bonchev–Trinajstić information content (AvgIpc) is 2.52. The maximum Gasteiger partial charge on any atom is 0.331 e. The summed E-state index contributed by atoms with van der Waals surface area (Å²) >= 11 is 1.55. The van der Waals surface area contributed by atoms with Crippen LogP contribution in [0, 0.1) is 6.92 Å². The molecule has 0 aliphatic heterocycles. The summed E-state index contributed by atoms with van der Waals surface area (Å²) in [6.45, 7) is 2.04. The zero-order valence-corrected chi connectivity index (χ0v) is 13.0. The van der Waals surface area contributed by atoms with Crippen LogP contribution >= 0.6 is 11.8 Å². The fraction of sp³-hybridized carbons (Fsp3) is 0.235. The lowest BCUT2D eigenvalue weighted by atomic mass is 9.93. The molecule has 21 heavy (non-hydrogen) atoms. The lowest BCUT2D eigenvalue weighted by Crippen LogP contribution is -2.48. The van der Waals surface area contributed by atoms with Gasteiger partial charge in [-0.05, 0) is 24.6 Å². The van der Waals surface area contributed by atoms with Crippen molar-refractivity contribution >= 4 is 17.7 Å². The van der Waals surface area contributed by atoms with Crippen molar-refractivity contribution in [3.8, 4) is 0 Å². The number of carbonyl (C=O) groups is 1. The summed E-state index contributed by atoms with van der Waals surface area (Å²) in [6, 6.07) is 17.5. The summed E-state index contributed by atoms with van der Waals surface area (Å²) in [5.74, 6) is 0.00139. The van der Waals surface area contributed by atoms with Gasteiger partial charge < -0.3 is 10.5 Å². The number of hydrogen-bond donors (Lipinski definition) is 1. The lowest BCUT2D eigenvalue weighted by Gasteiger charge is -2.26. The van der Waals surface area contributed by atoms with Gasteiger partial charge in [-0.3, -0.25) is 0 Å². The average molecular weight is 301 g/mol. The van der Waals surface area contributed by atoms with Gasteiger partial charge in [0.2, 0.25) is 0 Å². The number of benzene rings is 2. The zero-order chi connectivity index (χ0) is 15.3. The van der Waals surface area contributed by atoms with Crippen molar-refractivity contribution in [3.63, 3.8) is 0 Å². The molecule has 0 saturated heterocycles. The summed E-state index contributed by atoms with van der Waals surface area (Å²) in [5, 5.41) is 0. The molecular formula is C17H19NO2S. The van der Waals surface area contributed by atoms with Gasteiger partial charge in [0.15, 0.2) is 0 Å². The number of esters is 1. The summed E-state index contributed by atoms with van der Waals surface area (Å²) in [6.07, 6.45) is 0. The van der Waals surface area contributed by atoms with Crippen molar-refractivity contribution in [1.29, 1.82) is 0 Å². The van der Waals surface area contributed by atoms with E-state index in [4.69, 9.17) is 10.5 Å². The maximum atomic E-state index is 12.2. The number of thioether (sulfide) groups is 1. The summed E-state index contributed by atoms with van der Waals surface area (Å²) < 4.78 is 4.90. The number of hydrogen-bond acceptors (Lipinski definition) is 4. The Labute approximate surface area is 129 Å². The van der Waals surface area contributed by atoms with Crippen molar-refractivity contribution in [3.05, 3.63) is 65.7 Å². The molecule has 2 rings (SSSR count). The van der Waals surface area contributed by atoms with Gasteiger partial charge in [-0.15, -0.1) is 11.8 Å². The van der Waals surface area contributed by atoms with E-state index in [-0.39, 0.29) is 0 Å². The second-order valence-corrected chi connectivity index (χ2v) is 5.98. The molecule has 1 atom stereocenters. The fourth-order valence-corrected chi connectivity index (χ4v) is 3.20. The number of ether oxygens (including phenoxy) is 1. The van der Waals surface area contributed by atoms with Crippen molar-refractivity contribution in [2.45, 2.75) is 17.4 Å². The molecule has 0 spiro atoms. The van der Waals surface area contributed by atoms with Crippen LogP contribution in [0.1, 0.15) is 11.1 Å². The molecular weight excluding hydrogens is 282 g/mol. The van der Waals surface area contributed by atoms with Crippen LogP contribution in [0.25, 0.3) is 0 Å². The molecule has 0 aliphatic carbocycles. The minimum absolute atomic E-state index is 0.422. The normalized spacial score (nSPS) is 13.5. The number of rotatable bonds is 5. The smallest absolute Gasteiger partial charge is 0.331 e. The third kappa shape index (κ3) is 3.65. The first-order valence-electron chi connectivity index (χ1n) is 6.68. The summed E-state index contributed by atoms with van der Waals surface area (Å²) in [5.41, 5.74) is 7.16. The molecule has 110 valence electrons. The largest absolute Gasteiger partial charge is 0.467 e. The Bertz CT molecular complexity index is 615.